The predicted octanol–water partition coefficient (Wildman–Crippen LogP) is 24.2. The van der Waals surface area contributed by atoms with Gasteiger partial charge in [0.15, 0.2) is 6.10 Å². The Hall–Kier alpha value is -1.59. The normalized spacial score (nSPS) is 11.9. The molecule has 0 saturated heterocycles. The second-order valence-electron chi connectivity index (χ2n) is 24.5. The van der Waals surface area contributed by atoms with Gasteiger partial charge in [0.1, 0.15) is 13.2 Å². The molecule has 0 fully saturated rings. The van der Waals surface area contributed by atoms with Crippen molar-refractivity contribution in [1.29, 1.82) is 0 Å². The van der Waals surface area contributed by atoms with Crippen molar-refractivity contribution >= 4 is 17.9 Å². The van der Waals surface area contributed by atoms with Gasteiger partial charge in [-0.05, 0) is 19.3 Å². The first-order chi connectivity index (χ1) is 38.0. The molecule has 0 bridgehead atoms. The Kier molecular flexibility index (Phi) is 65.5. The van der Waals surface area contributed by atoms with Crippen molar-refractivity contribution in [2.24, 2.45) is 0 Å². The Bertz CT molecular complexity index is 1160. The first-order valence-corrected chi connectivity index (χ1v) is 35.5. The van der Waals surface area contributed by atoms with Crippen LogP contribution in [0.15, 0.2) is 0 Å². The number of carbonyl (C=O) groups is 3. The maximum Gasteiger partial charge on any atom is 0.306 e. The van der Waals surface area contributed by atoms with Gasteiger partial charge >= 0.3 is 17.9 Å². The molecular formula is C71H138O6. The van der Waals surface area contributed by atoms with E-state index in [4.69, 9.17) is 14.2 Å². The minimum atomic E-state index is -0.763. The topological polar surface area (TPSA) is 78.9 Å². The van der Waals surface area contributed by atoms with Crippen LogP contribution in [0.3, 0.4) is 0 Å². The summed E-state index contributed by atoms with van der Waals surface area (Å²) in [5.41, 5.74) is 0. The molecule has 1 atom stereocenters. The van der Waals surface area contributed by atoms with Crippen LogP contribution in [-0.2, 0) is 28.6 Å². The standard InChI is InChI=1S/C71H138O6/c1-4-7-10-13-16-19-22-25-28-31-33-35-36-37-39-40-43-46-49-52-55-58-61-64-70(73)76-67-68(66-75-69(72)63-60-57-54-51-48-45-42-30-27-24-21-18-15-12-9-6-3)77-71(74)65-62-59-56-53-50-47-44-41-38-34-32-29-26-23-20-17-14-11-8-5-2/h68H,4-67H2,1-3H3. The summed E-state index contributed by atoms with van der Waals surface area (Å²) in [6.07, 6.45) is 78.4. The van der Waals surface area contributed by atoms with Crippen LogP contribution < -0.4 is 0 Å². The molecule has 77 heavy (non-hydrogen) atoms. The van der Waals surface area contributed by atoms with Crippen molar-refractivity contribution in [2.45, 2.75) is 425 Å². The fourth-order valence-electron chi connectivity index (χ4n) is 11.3. The van der Waals surface area contributed by atoms with Crippen molar-refractivity contribution in [1.82, 2.24) is 0 Å². The zero-order valence-electron chi connectivity index (χ0n) is 52.8. The molecule has 0 aromatic carbocycles. The summed E-state index contributed by atoms with van der Waals surface area (Å²) in [6, 6.07) is 0. The predicted molar refractivity (Wildman–Crippen MR) is 335 cm³/mol. The lowest BCUT2D eigenvalue weighted by atomic mass is 10.0. The second-order valence-corrected chi connectivity index (χ2v) is 24.5. The van der Waals surface area contributed by atoms with Crippen molar-refractivity contribution in [3.05, 3.63) is 0 Å². The van der Waals surface area contributed by atoms with E-state index >= 15 is 0 Å². The summed E-state index contributed by atoms with van der Waals surface area (Å²) in [6.45, 7) is 6.75. The van der Waals surface area contributed by atoms with E-state index in [-0.39, 0.29) is 31.1 Å². The third kappa shape index (κ3) is 65.1. The van der Waals surface area contributed by atoms with Crippen molar-refractivity contribution in [3.63, 3.8) is 0 Å². The molecule has 0 aromatic rings. The van der Waals surface area contributed by atoms with Gasteiger partial charge in [-0.15, -0.1) is 0 Å². The van der Waals surface area contributed by atoms with E-state index in [9.17, 15) is 14.4 Å². The Balaban J connectivity index is 4.24. The smallest absolute Gasteiger partial charge is 0.306 e. The summed E-state index contributed by atoms with van der Waals surface area (Å²) >= 11 is 0. The lowest BCUT2D eigenvalue weighted by Crippen LogP contribution is -2.30. The van der Waals surface area contributed by atoms with Crippen LogP contribution >= 0.6 is 0 Å². The molecule has 0 spiro atoms. The average molecular weight is 1090 g/mol. The van der Waals surface area contributed by atoms with Gasteiger partial charge in [0.25, 0.3) is 0 Å². The first kappa shape index (κ1) is 75.4. The van der Waals surface area contributed by atoms with E-state index in [1.54, 1.807) is 0 Å². The van der Waals surface area contributed by atoms with Crippen molar-refractivity contribution in [3.8, 4) is 0 Å². The third-order valence-electron chi connectivity index (χ3n) is 16.6. The summed E-state index contributed by atoms with van der Waals surface area (Å²) in [4.78, 5) is 38.5. The largest absolute Gasteiger partial charge is 0.462 e. The van der Waals surface area contributed by atoms with E-state index < -0.39 is 6.10 Å². The number of ether oxygens (including phenoxy) is 3. The summed E-state index contributed by atoms with van der Waals surface area (Å²) < 4.78 is 17.0. The van der Waals surface area contributed by atoms with Gasteiger partial charge in [-0.1, -0.05) is 380 Å². The molecule has 0 N–H and O–H groups in total. The molecule has 6 heteroatoms. The van der Waals surface area contributed by atoms with Gasteiger partial charge in [-0.25, -0.2) is 0 Å². The number of hydrogen-bond donors (Lipinski definition) is 0. The van der Waals surface area contributed by atoms with Crippen molar-refractivity contribution in [2.75, 3.05) is 13.2 Å². The van der Waals surface area contributed by atoms with Gasteiger partial charge in [0.2, 0.25) is 0 Å². The van der Waals surface area contributed by atoms with Crippen LogP contribution in [0.5, 0.6) is 0 Å². The lowest BCUT2D eigenvalue weighted by Gasteiger charge is -2.18. The summed E-state index contributed by atoms with van der Waals surface area (Å²) in [7, 11) is 0. The number of hydrogen-bond acceptors (Lipinski definition) is 6. The maximum absolute atomic E-state index is 13.0. The van der Waals surface area contributed by atoms with Crippen LogP contribution in [0.4, 0.5) is 0 Å². The van der Waals surface area contributed by atoms with E-state index in [1.165, 1.54) is 321 Å². The SMILES string of the molecule is CCCCCCCCCCCCCCCCCCCCCCCCCC(=O)OCC(COC(=O)CCCCCCCCCCCCCCCCCC)OC(=O)CCCCCCCCCCCCCCCCCCCCCC. The quantitative estimate of drug-likeness (QED) is 0.0343. The number of unbranched alkanes of at least 4 members (excludes halogenated alkanes) is 56. The number of rotatable bonds is 67. The van der Waals surface area contributed by atoms with Gasteiger partial charge in [-0.2, -0.15) is 0 Å². The molecule has 0 aromatic heterocycles. The van der Waals surface area contributed by atoms with E-state index in [0.29, 0.717) is 19.3 Å². The van der Waals surface area contributed by atoms with Crippen LogP contribution in [0.25, 0.3) is 0 Å². The fraction of sp³-hybridized carbons (Fsp3) is 0.958. The van der Waals surface area contributed by atoms with Gasteiger partial charge in [0.05, 0.1) is 0 Å². The van der Waals surface area contributed by atoms with Gasteiger partial charge < -0.3 is 14.2 Å². The van der Waals surface area contributed by atoms with Gasteiger partial charge in [-0.3, -0.25) is 14.4 Å². The summed E-state index contributed by atoms with van der Waals surface area (Å²) in [5, 5.41) is 0. The Morgan fingerprint density at radius 1 is 0.208 bits per heavy atom. The molecular weight excluding hydrogens is 949 g/mol. The highest BCUT2D eigenvalue weighted by Gasteiger charge is 2.19. The monoisotopic (exact) mass is 1090 g/mol. The molecule has 6 nitrogen and oxygen atoms in total. The molecule has 0 heterocycles. The molecule has 0 radical (unpaired) electrons. The minimum absolute atomic E-state index is 0.0600. The van der Waals surface area contributed by atoms with Gasteiger partial charge in [0, 0.05) is 19.3 Å². The maximum atomic E-state index is 13.0. The number of carbonyl (C=O) groups excluding carboxylic acids is 3. The van der Waals surface area contributed by atoms with E-state index in [2.05, 4.69) is 20.8 Å². The molecule has 1 unspecified atom stereocenters. The van der Waals surface area contributed by atoms with Crippen LogP contribution in [0.2, 0.25) is 0 Å². The fourth-order valence-corrected chi connectivity index (χ4v) is 11.3. The minimum Gasteiger partial charge on any atom is -0.462 e. The molecule has 458 valence electrons. The van der Waals surface area contributed by atoms with Crippen LogP contribution in [0.1, 0.15) is 419 Å². The second kappa shape index (κ2) is 66.9. The summed E-state index contributed by atoms with van der Waals surface area (Å²) in [5.74, 6) is -0.818. The first-order valence-electron chi connectivity index (χ1n) is 35.5. The molecule has 0 amide bonds. The van der Waals surface area contributed by atoms with Crippen LogP contribution in [-0.4, -0.2) is 37.2 Å². The van der Waals surface area contributed by atoms with E-state index in [0.717, 1.165) is 57.8 Å². The average Bonchev–Trinajstić information content (AvgIpc) is 3.43. The molecule has 0 rings (SSSR count). The molecule has 0 saturated carbocycles. The highest BCUT2D eigenvalue weighted by atomic mass is 16.6. The zero-order valence-corrected chi connectivity index (χ0v) is 52.8. The molecule has 0 aliphatic carbocycles. The Morgan fingerprint density at radius 2 is 0.351 bits per heavy atom. The molecule has 0 aliphatic rings. The highest BCUT2D eigenvalue weighted by Crippen LogP contribution is 2.19. The van der Waals surface area contributed by atoms with E-state index in [1.807, 2.05) is 0 Å². The highest BCUT2D eigenvalue weighted by molar-refractivity contribution is 5.71. The van der Waals surface area contributed by atoms with Crippen molar-refractivity contribution < 1.29 is 28.6 Å². The third-order valence-corrected chi connectivity index (χ3v) is 16.6. The van der Waals surface area contributed by atoms with Crippen LogP contribution in [0, 0.1) is 0 Å². The lowest BCUT2D eigenvalue weighted by molar-refractivity contribution is -0.167. The Labute approximate surface area is 482 Å². The Morgan fingerprint density at radius 3 is 0.519 bits per heavy atom. The number of esters is 3. The molecule has 0 aliphatic heterocycles. The zero-order chi connectivity index (χ0) is 55.7.